The van der Waals surface area contributed by atoms with Crippen molar-refractivity contribution in [1.82, 2.24) is 0 Å². The average Bonchev–Trinajstić information content (AvgIpc) is 3.20. The first-order chi connectivity index (χ1) is 14.8. The van der Waals surface area contributed by atoms with Gasteiger partial charge in [-0.2, -0.15) is 0 Å². The van der Waals surface area contributed by atoms with Gasteiger partial charge in [-0.15, -0.1) is 11.3 Å². The lowest BCUT2D eigenvalue weighted by molar-refractivity contribution is -0.126. The van der Waals surface area contributed by atoms with E-state index in [1.807, 2.05) is 0 Å². The number of amides is 2. The fraction of sp³-hybridized carbons (Fsp3) is 0.136. The molecule has 1 spiro atoms. The molecule has 31 heavy (non-hydrogen) atoms. The summed E-state index contributed by atoms with van der Waals surface area (Å²) in [6, 6.07) is 12.0. The predicted octanol–water partition coefficient (Wildman–Crippen LogP) is 5.02. The van der Waals surface area contributed by atoms with Gasteiger partial charge in [0.15, 0.2) is 0 Å². The van der Waals surface area contributed by atoms with Crippen molar-refractivity contribution in [2.75, 3.05) is 17.3 Å². The largest absolute Gasteiger partial charge is 0.477 e. The van der Waals surface area contributed by atoms with E-state index in [9.17, 15) is 19.5 Å². The normalized spacial score (nSPS) is 19.4. The summed E-state index contributed by atoms with van der Waals surface area (Å²) < 4.78 is 0. The van der Waals surface area contributed by atoms with Gasteiger partial charge >= 0.3 is 5.97 Å². The second-order valence-electron chi connectivity index (χ2n) is 7.43. The Balaban J connectivity index is 1.89. The maximum atomic E-state index is 13.6. The number of nitrogens with zero attached hydrogens (tertiary/aromatic N) is 1. The molecule has 1 unspecified atom stereocenters. The monoisotopic (exact) mass is 472 g/mol. The first kappa shape index (κ1) is 20.1. The Labute approximate surface area is 191 Å². The fourth-order valence-electron chi connectivity index (χ4n) is 4.52. The van der Waals surface area contributed by atoms with Gasteiger partial charge in [0.05, 0.1) is 27.7 Å². The molecule has 9 heteroatoms. The minimum absolute atomic E-state index is 0.00519. The number of para-hydroxylation sites is 1. The van der Waals surface area contributed by atoms with E-state index >= 15 is 0 Å². The summed E-state index contributed by atoms with van der Waals surface area (Å²) in [6.45, 7) is 0. The van der Waals surface area contributed by atoms with E-state index < -0.39 is 11.4 Å². The lowest BCUT2D eigenvalue weighted by atomic mass is 9.74. The minimum Gasteiger partial charge on any atom is -0.477 e. The molecular weight excluding hydrogens is 459 g/mol. The number of carboxylic acids is 1. The van der Waals surface area contributed by atoms with Crippen LogP contribution in [0, 0.1) is 0 Å². The summed E-state index contributed by atoms with van der Waals surface area (Å²) >= 11 is 13.8. The number of aromatic carboxylic acids is 1. The van der Waals surface area contributed by atoms with Crippen molar-refractivity contribution in [3.8, 4) is 11.1 Å². The smallest absolute Gasteiger partial charge is 0.346 e. The molecule has 3 heterocycles. The third-order valence-electron chi connectivity index (χ3n) is 5.78. The number of hydrogen-bond acceptors (Lipinski definition) is 4. The number of hydrogen-bond donors (Lipinski definition) is 2. The molecule has 0 radical (unpaired) electrons. The Morgan fingerprint density at radius 3 is 2.55 bits per heavy atom. The zero-order valence-corrected chi connectivity index (χ0v) is 18.4. The van der Waals surface area contributed by atoms with Crippen molar-refractivity contribution in [2.45, 2.75) is 11.8 Å². The van der Waals surface area contributed by atoms with Crippen LogP contribution in [0.2, 0.25) is 10.0 Å². The van der Waals surface area contributed by atoms with Crippen LogP contribution in [0.4, 0.5) is 11.4 Å². The number of thiophene rings is 1. The summed E-state index contributed by atoms with van der Waals surface area (Å²) in [4.78, 5) is 40.6. The van der Waals surface area contributed by atoms with Crippen molar-refractivity contribution in [1.29, 1.82) is 0 Å². The van der Waals surface area contributed by atoms with E-state index in [-0.39, 0.29) is 23.1 Å². The van der Waals surface area contributed by atoms with Crippen LogP contribution in [0.5, 0.6) is 0 Å². The number of likely N-dealkylation sites (N-methyl/N-ethyl adjacent to an activating group) is 1. The second-order valence-corrected chi connectivity index (χ2v) is 9.26. The van der Waals surface area contributed by atoms with E-state index in [0.29, 0.717) is 43.0 Å². The summed E-state index contributed by atoms with van der Waals surface area (Å²) in [6.07, 6.45) is -0.141. The molecule has 0 saturated heterocycles. The molecule has 3 aromatic rings. The van der Waals surface area contributed by atoms with E-state index in [4.69, 9.17) is 23.2 Å². The maximum Gasteiger partial charge on any atom is 0.346 e. The lowest BCUT2D eigenvalue weighted by Gasteiger charge is -2.32. The summed E-state index contributed by atoms with van der Waals surface area (Å²) in [7, 11) is 1.61. The van der Waals surface area contributed by atoms with E-state index in [1.54, 1.807) is 49.5 Å². The zero-order chi connectivity index (χ0) is 22.1. The first-order valence-electron chi connectivity index (χ1n) is 9.30. The van der Waals surface area contributed by atoms with Crippen molar-refractivity contribution >= 4 is 63.7 Å². The lowest BCUT2D eigenvalue weighted by Crippen LogP contribution is -2.45. The van der Waals surface area contributed by atoms with Crippen LogP contribution >= 0.6 is 34.5 Å². The molecule has 2 aliphatic rings. The third kappa shape index (κ3) is 2.60. The van der Waals surface area contributed by atoms with Gasteiger partial charge in [-0.3, -0.25) is 9.59 Å². The standard InChI is InChI=1S/C22H14Cl2N2O4S/c1-26-17-11(6-4-8-13(17)24)22(21(26)30)9-14(27)25-16-15(10-5-2-3-7-12(10)23)18(20(28)29)31-19(16)22/h2-8H,9H2,1H3,(H,25,27)(H,28,29). The number of anilines is 2. The molecule has 0 bridgehead atoms. The fourth-order valence-corrected chi connectivity index (χ4v) is 6.36. The third-order valence-corrected chi connectivity index (χ3v) is 7.75. The molecule has 2 aliphatic heterocycles. The summed E-state index contributed by atoms with van der Waals surface area (Å²) in [5.74, 6) is -1.87. The minimum atomic E-state index is -1.35. The number of fused-ring (bicyclic) bond motifs is 4. The predicted molar refractivity (Wildman–Crippen MR) is 121 cm³/mol. The molecule has 156 valence electrons. The van der Waals surface area contributed by atoms with Crippen LogP contribution < -0.4 is 10.2 Å². The Bertz CT molecular complexity index is 1320. The number of benzene rings is 2. The number of carboxylic acid groups (broad SMARTS) is 1. The highest BCUT2D eigenvalue weighted by Crippen LogP contribution is 2.58. The van der Waals surface area contributed by atoms with Gasteiger partial charge in [-0.25, -0.2) is 4.79 Å². The Morgan fingerprint density at radius 1 is 1.13 bits per heavy atom. The molecule has 1 aromatic heterocycles. The molecule has 2 N–H and O–H groups in total. The topological polar surface area (TPSA) is 86.7 Å². The van der Waals surface area contributed by atoms with Gasteiger partial charge in [0.2, 0.25) is 11.8 Å². The average molecular weight is 473 g/mol. The van der Waals surface area contributed by atoms with Gasteiger partial charge in [-0.05, 0) is 17.7 Å². The number of nitrogens with one attached hydrogen (secondary N) is 1. The van der Waals surface area contributed by atoms with Crippen molar-refractivity contribution < 1.29 is 19.5 Å². The highest BCUT2D eigenvalue weighted by atomic mass is 35.5. The van der Waals surface area contributed by atoms with Crippen molar-refractivity contribution in [3.63, 3.8) is 0 Å². The SMILES string of the molecule is CN1C(=O)C2(CC(=O)Nc3c2sc(C(=O)O)c3-c2ccccc2Cl)c2cccc(Cl)c21. The number of carbonyl (C=O) groups excluding carboxylic acids is 2. The molecule has 0 fully saturated rings. The molecule has 0 aliphatic carbocycles. The Kier molecular flexibility index (Phi) is 4.41. The van der Waals surface area contributed by atoms with Crippen molar-refractivity contribution in [3.05, 3.63) is 67.8 Å². The van der Waals surface area contributed by atoms with Gasteiger partial charge in [-0.1, -0.05) is 53.5 Å². The van der Waals surface area contributed by atoms with Crippen LogP contribution in [0.1, 0.15) is 26.5 Å². The molecule has 2 amide bonds. The van der Waals surface area contributed by atoms with E-state index in [0.717, 1.165) is 11.3 Å². The quantitative estimate of drug-likeness (QED) is 0.547. The number of rotatable bonds is 2. The van der Waals surface area contributed by atoms with E-state index in [1.165, 1.54) is 4.90 Å². The molecule has 6 nitrogen and oxygen atoms in total. The Hall–Kier alpha value is -2.87. The van der Waals surface area contributed by atoms with Gasteiger partial charge < -0.3 is 15.3 Å². The van der Waals surface area contributed by atoms with Crippen LogP contribution in [-0.4, -0.2) is 29.9 Å². The van der Waals surface area contributed by atoms with Crippen LogP contribution in [0.15, 0.2) is 42.5 Å². The number of carbonyl (C=O) groups is 3. The van der Waals surface area contributed by atoms with Crippen LogP contribution in [-0.2, 0) is 15.0 Å². The van der Waals surface area contributed by atoms with Crippen LogP contribution in [0.3, 0.4) is 0 Å². The second kappa shape index (κ2) is 6.82. The molecule has 5 rings (SSSR count). The Morgan fingerprint density at radius 2 is 1.84 bits per heavy atom. The van der Waals surface area contributed by atoms with E-state index in [2.05, 4.69) is 5.32 Å². The molecular formula is C22H14Cl2N2O4S. The number of halogens is 2. The first-order valence-corrected chi connectivity index (χ1v) is 10.9. The van der Waals surface area contributed by atoms with Gasteiger partial charge in [0, 0.05) is 23.2 Å². The molecule has 1 atom stereocenters. The van der Waals surface area contributed by atoms with Crippen molar-refractivity contribution in [2.24, 2.45) is 0 Å². The summed E-state index contributed by atoms with van der Waals surface area (Å²) in [5.41, 5.74) is 0.854. The van der Waals surface area contributed by atoms with Gasteiger partial charge in [0.1, 0.15) is 10.3 Å². The molecule has 0 saturated carbocycles. The zero-order valence-electron chi connectivity index (χ0n) is 16.0. The van der Waals surface area contributed by atoms with Gasteiger partial charge in [0.25, 0.3) is 0 Å². The maximum absolute atomic E-state index is 13.6. The van der Waals surface area contributed by atoms with Crippen LogP contribution in [0.25, 0.3) is 11.1 Å². The molecule has 2 aromatic carbocycles. The highest BCUT2D eigenvalue weighted by molar-refractivity contribution is 7.15. The highest BCUT2D eigenvalue weighted by Gasteiger charge is 2.57. The summed E-state index contributed by atoms with van der Waals surface area (Å²) in [5, 5.41) is 13.5.